The van der Waals surface area contributed by atoms with Crippen LogP contribution in [0.1, 0.15) is 12.0 Å². The molecule has 1 aliphatic heterocycles. The van der Waals surface area contributed by atoms with Gasteiger partial charge in [0.2, 0.25) is 11.8 Å². The number of benzene rings is 2. The average Bonchev–Trinajstić information content (AvgIpc) is 2.57. The first-order valence-electron chi connectivity index (χ1n) is 7.68. The summed E-state index contributed by atoms with van der Waals surface area (Å²) in [5, 5.41) is 2.96. The summed E-state index contributed by atoms with van der Waals surface area (Å²) in [4.78, 5) is 27.4. The van der Waals surface area contributed by atoms with Crippen molar-refractivity contribution in [2.45, 2.75) is 23.1 Å². The summed E-state index contributed by atoms with van der Waals surface area (Å²) >= 11 is 10.8. The van der Waals surface area contributed by atoms with Crippen LogP contribution in [0.4, 0.5) is 5.69 Å². The summed E-state index contributed by atoms with van der Waals surface area (Å²) in [6.45, 7) is 0.492. The van der Waals surface area contributed by atoms with Crippen LogP contribution in [0.3, 0.4) is 0 Å². The minimum atomic E-state index is -0.442. The van der Waals surface area contributed by atoms with Gasteiger partial charge in [-0.25, -0.2) is 0 Å². The number of nitrogens with zero attached hydrogens (tertiary/aromatic N) is 1. The molecule has 2 aromatic carbocycles. The van der Waals surface area contributed by atoms with Crippen LogP contribution in [0.5, 0.6) is 0 Å². The molecule has 2 aromatic rings. The third-order valence-corrected chi connectivity index (χ3v) is 6.20. The van der Waals surface area contributed by atoms with Crippen LogP contribution in [-0.2, 0) is 16.1 Å². The molecule has 0 spiro atoms. The lowest BCUT2D eigenvalue weighted by Gasteiger charge is -2.26. The number of thioether (sulfide) groups is 1. The molecule has 130 valence electrons. The van der Waals surface area contributed by atoms with E-state index in [1.807, 2.05) is 30.3 Å². The van der Waals surface area contributed by atoms with Gasteiger partial charge in [0.1, 0.15) is 0 Å². The highest BCUT2D eigenvalue weighted by molar-refractivity contribution is 9.10. The molecule has 0 saturated heterocycles. The summed E-state index contributed by atoms with van der Waals surface area (Å²) in [5.74, 6) is -0.233. The maximum absolute atomic E-state index is 12.5. The Morgan fingerprint density at radius 3 is 2.84 bits per heavy atom. The second-order valence-electron chi connectivity index (χ2n) is 5.78. The molecular formula is C18H16BrClN2O2S. The van der Waals surface area contributed by atoms with Crippen molar-refractivity contribution in [3.8, 4) is 0 Å². The second kappa shape index (κ2) is 7.81. The third-order valence-electron chi connectivity index (χ3n) is 3.91. The van der Waals surface area contributed by atoms with Crippen molar-refractivity contribution >= 4 is 56.8 Å². The summed E-state index contributed by atoms with van der Waals surface area (Å²) in [5.41, 5.74) is 1.73. The first-order chi connectivity index (χ1) is 11.9. The zero-order chi connectivity index (χ0) is 18.0. The number of amides is 2. The molecule has 0 aliphatic carbocycles. The number of carbonyl (C=O) groups excluding carboxylic acids is 2. The van der Waals surface area contributed by atoms with E-state index in [0.717, 1.165) is 14.9 Å². The number of halogens is 2. The van der Waals surface area contributed by atoms with Crippen LogP contribution in [0.15, 0.2) is 51.8 Å². The van der Waals surface area contributed by atoms with Crippen LogP contribution in [0.2, 0.25) is 5.02 Å². The van der Waals surface area contributed by atoms with Crippen molar-refractivity contribution in [3.63, 3.8) is 0 Å². The van der Waals surface area contributed by atoms with E-state index in [2.05, 4.69) is 21.2 Å². The van der Waals surface area contributed by atoms with E-state index < -0.39 is 5.25 Å². The quantitative estimate of drug-likeness (QED) is 0.759. The Hall–Kier alpha value is -1.50. The average molecular weight is 440 g/mol. The number of carbonyl (C=O) groups is 2. The zero-order valence-electron chi connectivity index (χ0n) is 13.5. The molecule has 7 heteroatoms. The van der Waals surface area contributed by atoms with E-state index in [0.29, 0.717) is 17.3 Å². The van der Waals surface area contributed by atoms with Crippen LogP contribution in [-0.4, -0.2) is 29.0 Å². The van der Waals surface area contributed by atoms with Crippen molar-refractivity contribution in [1.29, 1.82) is 0 Å². The van der Waals surface area contributed by atoms with Gasteiger partial charge in [-0.15, -0.1) is 11.8 Å². The molecule has 4 nitrogen and oxygen atoms in total. The largest absolute Gasteiger partial charge is 0.341 e. The van der Waals surface area contributed by atoms with Gasteiger partial charge in [0.25, 0.3) is 0 Å². The molecular weight excluding hydrogens is 424 g/mol. The highest BCUT2D eigenvalue weighted by Gasteiger charge is 2.30. The van der Waals surface area contributed by atoms with Gasteiger partial charge in [0, 0.05) is 34.4 Å². The van der Waals surface area contributed by atoms with Gasteiger partial charge in [-0.1, -0.05) is 45.7 Å². The highest BCUT2D eigenvalue weighted by Crippen LogP contribution is 2.38. The lowest BCUT2D eigenvalue weighted by atomic mass is 10.2. The molecule has 0 aromatic heterocycles. The molecule has 0 radical (unpaired) electrons. The number of fused-ring (bicyclic) bond motifs is 1. The van der Waals surface area contributed by atoms with Crippen LogP contribution in [0.25, 0.3) is 0 Å². The Labute approximate surface area is 164 Å². The van der Waals surface area contributed by atoms with E-state index in [-0.39, 0.29) is 18.2 Å². The van der Waals surface area contributed by atoms with Gasteiger partial charge in [-0.2, -0.15) is 0 Å². The molecule has 25 heavy (non-hydrogen) atoms. The van der Waals surface area contributed by atoms with Gasteiger partial charge in [-0.05, 0) is 29.8 Å². The minimum Gasteiger partial charge on any atom is -0.341 e. The lowest BCUT2D eigenvalue weighted by molar-refractivity contribution is -0.131. The summed E-state index contributed by atoms with van der Waals surface area (Å²) in [7, 11) is 1.75. The molecule has 1 atom stereocenters. The van der Waals surface area contributed by atoms with Crippen molar-refractivity contribution < 1.29 is 9.59 Å². The van der Waals surface area contributed by atoms with Crippen LogP contribution >= 0.6 is 39.3 Å². The molecule has 0 fully saturated rings. The van der Waals surface area contributed by atoms with Gasteiger partial charge >= 0.3 is 0 Å². The van der Waals surface area contributed by atoms with Crippen molar-refractivity contribution in [2.75, 3.05) is 12.4 Å². The maximum atomic E-state index is 12.5. The SMILES string of the molecule is CN(Cc1ccccc1Br)C(=O)CC1Sc2ccc(Cl)cc2NC1=O. The molecule has 0 bridgehead atoms. The number of anilines is 1. The number of hydrogen-bond donors (Lipinski definition) is 1. The first kappa shape index (κ1) is 18.3. The number of nitrogens with one attached hydrogen (secondary N) is 1. The fraction of sp³-hybridized carbons (Fsp3) is 0.222. The highest BCUT2D eigenvalue weighted by atomic mass is 79.9. The number of hydrogen-bond acceptors (Lipinski definition) is 3. The lowest BCUT2D eigenvalue weighted by Crippen LogP contribution is -2.35. The third kappa shape index (κ3) is 4.37. The summed E-state index contributed by atoms with van der Waals surface area (Å²) < 4.78 is 0.963. The van der Waals surface area contributed by atoms with Gasteiger partial charge in [-0.3, -0.25) is 9.59 Å². The van der Waals surface area contributed by atoms with E-state index in [9.17, 15) is 9.59 Å². The van der Waals surface area contributed by atoms with Crippen molar-refractivity contribution in [3.05, 3.63) is 57.5 Å². The molecule has 1 heterocycles. The molecule has 3 rings (SSSR count). The monoisotopic (exact) mass is 438 g/mol. The van der Waals surface area contributed by atoms with Gasteiger partial charge < -0.3 is 10.2 Å². The van der Waals surface area contributed by atoms with Gasteiger partial charge in [0.05, 0.1) is 10.9 Å². The standard InChI is InChI=1S/C18H16BrClN2O2S/c1-22(10-11-4-2-3-5-13(11)19)17(23)9-16-18(24)21-14-8-12(20)6-7-15(14)25-16/h2-8,16H,9-10H2,1H3,(H,21,24). The predicted molar refractivity (Wildman–Crippen MR) is 105 cm³/mol. The Balaban J connectivity index is 1.65. The molecule has 0 saturated carbocycles. The summed E-state index contributed by atoms with van der Waals surface area (Å²) in [6.07, 6.45) is 0.152. The van der Waals surface area contributed by atoms with E-state index in [4.69, 9.17) is 11.6 Å². The Bertz CT molecular complexity index is 830. The van der Waals surface area contributed by atoms with Crippen molar-refractivity contribution in [1.82, 2.24) is 4.90 Å². The second-order valence-corrected chi connectivity index (χ2v) is 8.32. The molecule has 1 N–H and O–H groups in total. The first-order valence-corrected chi connectivity index (χ1v) is 9.73. The fourth-order valence-electron chi connectivity index (χ4n) is 2.54. The maximum Gasteiger partial charge on any atom is 0.238 e. The van der Waals surface area contributed by atoms with Crippen LogP contribution < -0.4 is 5.32 Å². The fourth-order valence-corrected chi connectivity index (χ4v) is 4.21. The Morgan fingerprint density at radius 2 is 2.08 bits per heavy atom. The van der Waals surface area contributed by atoms with E-state index in [1.165, 1.54) is 11.8 Å². The molecule has 2 amide bonds. The topological polar surface area (TPSA) is 49.4 Å². The Kier molecular flexibility index (Phi) is 5.71. The molecule has 1 unspecified atom stereocenters. The molecule has 1 aliphatic rings. The van der Waals surface area contributed by atoms with Crippen LogP contribution in [0, 0.1) is 0 Å². The van der Waals surface area contributed by atoms with E-state index >= 15 is 0 Å². The smallest absolute Gasteiger partial charge is 0.238 e. The normalized spacial score (nSPS) is 16.1. The number of rotatable bonds is 4. The van der Waals surface area contributed by atoms with Gasteiger partial charge in [0.15, 0.2) is 0 Å². The minimum absolute atomic E-state index is 0.0687. The van der Waals surface area contributed by atoms with E-state index in [1.54, 1.807) is 24.1 Å². The predicted octanol–water partition coefficient (Wildman–Crippen LogP) is 4.56. The Morgan fingerprint density at radius 1 is 1.32 bits per heavy atom. The zero-order valence-corrected chi connectivity index (χ0v) is 16.6. The summed E-state index contributed by atoms with van der Waals surface area (Å²) in [6, 6.07) is 13.1. The van der Waals surface area contributed by atoms with Crippen molar-refractivity contribution in [2.24, 2.45) is 0 Å².